The van der Waals surface area contributed by atoms with Crippen LogP contribution in [-0.2, 0) is 6.42 Å². The minimum Gasteiger partial charge on any atom is -0.123 e. The van der Waals surface area contributed by atoms with Crippen LogP contribution in [0.3, 0.4) is 0 Å². The predicted octanol–water partition coefficient (Wildman–Crippen LogP) is 4.51. The number of rotatable bonds is 4. The van der Waals surface area contributed by atoms with Gasteiger partial charge in [-0.15, -0.1) is 11.6 Å². The third kappa shape index (κ3) is 2.98. The van der Waals surface area contributed by atoms with E-state index in [1.165, 1.54) is 24.8 Å². The van der Waals surface area contributed by atoms with Crippen LogP contribution < -0.4 is 0 Å². The van der Waals surface area contributed by atoms with Crippen molar-refractivity contribution in [3.05, 3.63) is 35.4 Å². The lowest BCUT2D eigenvalue weighted by Gasteiger charge is -2.26. The molecule has 1 heteroatoms. The first-order chi connectivity index (χ1) is 7.25. The van der Waals surface area contributed by atoms with Crippen LogP contribution in [0.1, 0.15) is 49.7 Å². The minimum absolute atomic E-state index is 0.289. The molecule has 1 aromatic rings. The fourth-order valence-electron chi connectivity index (χ4n) is 2.11. The molecule has 15 heavy (non-hydrogen) atoms. The average Bonchev–Trinajstić information content (AvgIpc) is 2.13. The molecule has 1 fully saturated rings. The largest absolute Gasteiger partial charge is 0.123 e. The van der Waals surface area contributed by atoms with Gasteiger partial charge >= 0.3 is 0 Å². The normalized spacial score (nSPS) is 18.5. The van der Waals surface area contributed by atoms with Crippen LogP contribution in [0.15, 0.2) is 24.3 Å². The molecule has 0 aliphatic heterocycles. The predicted molar refractivity (Wildman–Crippen MR) is 66.7 cm³/mol. The van der Waals surface area contributed by atoms with Gasteiger partial charge in [-0.2, -0.15) is 0 Å². The van der Waals surface area contributed by atoms with E-state index in [2.05, 4.69) is 31.2 Å². The van der Waals surface area contributed by atoms with E-state index in [1.54, 1.807) is 5.56 Å². The Morgan fingerprint density at radius 2 is 2.20 bits per heavy atom. The van der Waals surface area contributed by atoms with E-state index < -0.39 is 0 Å². The monoisotopic (exact) mass is 222 g/mol. The van der Waals surface area contributed by atoms with Gasteiger partial charge in [0, 0.05) is 5.38 Å². The van der Waals surface area contributed by atoms with Crippen molar-refractivity contribution < 1.29 is 0 Å². The summed E-state index contributed by atoms with van der Waals surface area (Å²) in [6.07, 6.45) is 6.37. The highest BCUT2D eigenvalue weighted by atomic mass is 35.5. The highest BCUT2D eigenvalue weighted by Gasteiger charge is 2.19. The van der Waals surface area contributed by atoms with Crippen molar-refractivity contribution in [2.75, 3.05) is 0 Å². The summed E-state index contributed by atoms with van der Waals surface area (Å²) in [5.41, 5.74) is 2.99. The number of halogens is 1. The molecule has 1 saturated carbocycles. The second-order valence-electron chi connectivity index (χ2n) is 4.69. The fourth-order valence-corrected chi connectivity index (χ4v) is 2.22. The Hall–Kier alpha value is -0.490. The van der Waals surface area contributed by atoms with E-state index in [-0.39, 0.29) is 5.38 Å². The lowest BCUT2D eigenvalue weighted by atomic mass is 9.79. The van der Waals surface area contributed by atoms with Crippen molar-refractivity contribution in [2.24, 2.45) is 0 Å². The molecule has 0 amide bonds. The highest BCUT2D eigenvalue weighted by Crippen LogP contribution is 2.36. The molecule has 0 spiro atoms. The quantitative estimate of drug-likeness (QED) is 0.658. The summed E-state index contributed by atoms with van der Waals surface area (Å²) in [6.45, 7) is 2.07. The van der Waals surface area contributed by atoms with Crippen LogP contribution in [0.25, 0.3) is 0 Å². The van der Waals surface area contributed by atoms with E-state index in [0.29, 0.717) is 0 Å². The maximum atomic E-state index is 5.97. The van der Waals surface area contributed by atoms with Crippen LogP contribution in [0.2, 0.25) is 0 Å². The average molecular weight is 223 g/mol. The summed E-state index contributed by atoms with van der Waals surface area (Å²) in [4.78, 5) is 0. The van der Waals surface area contributed by atoms with Crippen molar-refractivity contribution in [1.29, 1.82) is 0 Å². The number of aryl methyl sites for hydroxylation is 1. The molecule has 1 aliphatic carbocycles. The van der Waals surface area contributed by atoms with Crippen molar-refractivity contribution in [3.63, 3.8) is 0 Å². The van der Waals surface area contributed by atoms with Crippen molar-refractivity contribution in [1.82, 2.24) is 0 Å². The summed E-state index contributed by atoms with van der Waals surface area (Å²) < 4.78 is 0. The Bertz CT molecular complexity index is 313. The first-order valence-electron chi connectivity index (χ1n) is 5.98. The molecule has 0 N–H and O–H groups in total. The Balaban J connectivity index is 1.98. The number of benzene rings is 1. The van der Waals surface area contributed by atoms with E-state index in [1.807, 2.05) is 0 Å². The van der Waals surface area contributed by atoms with Gasteiger partial charge in [-0.05, 0) is 49.7 Å². The number of alkyl halides is 1. The van der Waals surface area contributed by atoms with Gasteiger partial charge < -0.3 is 0 Å². The molecule has 0 bridgehead atoms. The smallest absolute Gasteiger partial charge is 0.0311 e. The Labute approximate surface area is 97.6 Å². The highest BCUT2D eigenvalue weighted by molar-refractivity contribution is 6.20. The topological polar surface area (TPSA) is 0 Å². The Morgan fingerprint density at radius 3 is 2.80 bits per heavy atom. The summed E-state index contributed by atoms with van der Waals surface area (Å²) in [5.74, 6) is 0.846. The first-order valence-corrected chi connectivity index (χ1v) is 6.42. The molecule has 0 saturated heterocycles. The minimum atomic E-state index is 0.289. The van der Waals surface area contributed by atoms with Crippen LogP contribution in [0.4, 0.5) is 0 Å². The summed E-state index contributed by atoms with van der Waals surface area (Å²) in [5, 5.41) is 0.289. The summed E-state index contributed by atoms with van der Waals surface area (Å²) in [7, 11) is 0. The lowest BCUT2D eigenvalue weighted by Crippen LogP contribution is -2.08. The van der Waals surface area contributed by atoms with Crippen molar-refractivity contribution >= 4 is 11.6 Å². The lowest BCUT2D eigenvalue weighted by molar-refractivity contribution is 0.419. The third-order valence-corrected chi connectivity index (χ3v) is 3.58. The van der Waals surface area contributed by atoms with Gasteiger partial charge in [0.05, 0.1) is 0 Å². The second-order valence-corrected chi connectivity index (χ2v) is 5.44. The molecule has 1 aliphatic rings. The number of hydrogen-bond donors (Lipinski definition) is 0. The van der Waals surface area contributed by atoms with Gasteiger partial charge in [0.25, 0.3) is 0 Å². The molecular formula is C14H19Cl. The molecule has 2 rings (SSSR count). The number of hydrogen-bond acceptors (Lipinski definition) is 0. The van der Waals surface area contributed by atoms with Gasteiger partial charge in [-0.25, -0.2) is 0 Å². The van der Waals surface area contributed by atoms with E-state index >= 15 is 0 Å². The molecule has 0 aromatic heterocycles. The third-order valence-electron chi connectivity index (χ3n) is 3.36. The zero-order valence-electron chi connectivity index (χ0n) is 9.38. The van der Waals surface area contributed by atoms with Crippen molar-refractivity contribution in [3.8, 4) is 0 Å². The van der Waals surface area contributed by atoms with Crippen LogP contribution >= 0.6 is 11.6 Å². The van der Waals surface area contributed by atoms with Gasteiger partial charge in [0.1, 0.15) is 0 Å². The first kappa shape index (κ1) is 11.0. The Kier molecular flexibility index (Phi) is 3.69. The summed E-state index contributed by atoms with van der Waals surface area (Å²) in [6, 6.07) is 9.07. The summed E-state index contributed by atoms with van der Waals surface area (Å²) >= 11 is 5.97. The molecule has 0 heterocycles. The van der Waals surface area contributed by atoms with Crippen LogP contribution in [0.5, 0.6) is 0 Å². The van der Waals surface area contributed by atoms with Crippen LogP contribution in [0, 0.1) is 0 Å². The van der Waals surface area contributed by atoms with E-state index in [9.17, 15) is 0 Å². The van der Waals surface area contributed by atoms with Crippen molar-refractivity contribution in [2.45, 2.75) is 50.3 Å². The molecular weight excluding hydrogens is 204 g/mol. The standard InChI is InChI=1S/C14H19Cl/c1-11(15)8-9-12-4-2-7-14(10-12)13-5-3-6-13/h2,4,7,10-11,13H,3,5-6,8-9H2,1H3. The van der Waals surface area contributed by atoms with Gasteiger partial charge in [-0.3, -0.25) is 0 Å². The fraction of sp³-hybridized carbons (Fsp3) is 0.571. The zero-order chi connectivity index (χ0) is 10.7. The second kappa shape index (κ2) is 5.03. The molecule has 1 atom stereocenters. The SMILES string of the molecule is CC(Cl)CCc1cccc(C2CCC2)c1. The molecule has 1 aromatic carbocycles. The molecule has 82 valence electrons. The van der Waals surface area contributed by atoms with Gasteiger partial charge in [0.2, 0.25) is 0 Å². The van der Waals surface area contributed by atoms with Gasteiger partial charge in [0.15, 0.2) is 0 Å². The van der Waals surface area contributed by atoms with E-state index in [4.69, 9.17) is 11.6 Å². The maximum Gasteiger partial charge on any atom is 0.0311 e. The maximum absolute atomic E-state index is 5.97. The van der Waals surface area contributed by atoms with E-state index in [0.717, 1.165) is 18.8 Å². The molecule has 0 radical (unpaired) electrons. The zero-order valence-corrected chi connectivity index (χ0v) is 10.1. The molecule has 0 nitrogen and oxygen atoms in total. The van der Waals surface area contributed by atoms with Gasteiger partial charge in [-0.1, -0.05) is 30.7 Å². The van der Waals surface area contributed by atoms with Crippen LogP contribution in [-0.4, -0.2) is 5.38 Å². The molecule has 1 unspecified atom stereocenters. The Morgan fingerprint density at radius 1 is 1.40 bits per heavy atom.